The highest BCUT2D eigenvalue weighted by Crippen LogP contribution is 2.40. The fourth-order valence-corrected chi connectivity index (χ4v) is 2.55. The summed E-state index contributed by atoms with van der Waals surface area (Å²) in [6.07, 6.45) is 4.55. The van der Waals surface area contributed by atoms with Crippen molar-refractivity contribution in [2.75, 3.05) is 13.7 Å². The second-order valence-corrected chi connectivity index (χ2v) is 5.27. The van der Waals surface area contributed by atoms with Crippen LogP contribution in [0, 0.1) is 23.7 Å². The molecule has 1 fully saturated rings. The summed E-state index contributed by atoms with van der Waals surface area (Å²) in [5.41, 5.74) is 0. The van der Waals surface area contributed by atoms with Gasteiger partial charge in [-0.05, 0) is 43.4 Å². The van der Waals surface area contributed by atoms with Crippen molar-refractivity contribution >= 4 is 0 Å². The fraction of sp³-hybridized carbons (Fsp3) is 0.857. The van der Waals surface area contributed by atoms with E-state index in [9.17, 15) is 0 Å². The molecule has 94 valence electrons. The second kappa shape index (κ2) is 6.41. The van der Waals surface area contributed by atoms with Gasteiger partial charge in [0, 0.05) is 7.11 Å². The average Bonchev–Trinajstić information content (AvgIpc) is 2.69. The molecule has 2 heteroatoms. The molecule has 0 aromatic carbocycles. The Morgan fingerprint density at radius 2 is 2.00 bits per heavy atom. The van der Waals surface area contributed by atoms with Gasteiger partial charge < -0.3 is 9.47 Å². The van der Waals surface area contributed by atoms with Gasteiger partial charge in [-0.2, -0.15) is 0 Å². The van der Waals surface area contributed by atoms with Gasteiger partial charge in [0.2, 0.25) is 0 Å². The molecule has 0 amide bonds. The Labute approximate surface area is 100 Å². The van der Waals surface area contributed by atoms with Crippen LogP contribution >= 0.6 is 0 Å². The maximum absolute atomic E-state index is 5.67. The van der Waals surface area contributed by atoms with E-state index in [1.165, 1.54) is 12.8 Å². The molecule has 16 heavy (non-hydrogen) atoms. The molecule has 0 aliphatic heterocycles. The number of ether oxygens (including phenoxy) is 2. The fourth-order valence-electron chi connectivity index (χ4n) is 2.55. The van der Waals surface area contributed by atoms with Crippen molar-refractivity contribution in [1.29, 1.82) is 0 Å². The van der Waals surface area contributed by atoms with Crippen molar-refractivity contribution in [1.82, 2.24) is 0 Å². The number of hydrogen-bond donors (Lipinski definition) is 0. The second-order valence-electron chi connectivity index (χ2n) is 5.27. The van der Waals surface area contributed by atoms with Crippen molar-refractivity contribution in [3.63, 3.8) is 0 Å². The summed E-state index contributed by atoms with van der Waals surface area (Å²) in [6.45, 7) is 11.3. The average molecular weight is 226 g/mol. The predicted octanol–water partition coefficient (Wildman–Crippen LogP) is 3.48. The molecule has 0 bridgehead atoms. The Balaban J connectivity index is 2.42. The minimum Gasteiger partial charge on any atom is -0.356 e. The van der Waals surface area contributed by atoms with Crippen LogP contribution in [0.3, 0.4) is 0 Å². The van der Waals surface area contributed by atoms with Crippen LogP contribution in [-0.2, 0) is 9.47 Å². The SMILES string of the molecule is C=CC1CC(C(C)C)CC1COC(C)OC. The Morgan fingerprint density at radius 3 is 2.50 bits per heavy atom. The number of hydrogen-bond acceptors (Lipinski definition) is 2. The first-order chi connectivity index (χ1) is 7.58. The van der Waals surface area contributed by atoms with E-state index in [0.717, 1.165) is 18.4 Å². The lowest BCUT2D eigenvalue weighted by Gasteiger charge is -2.19. The molecule has 1 saturated carbocycles. The van der Waals surface area contributed by atoms with Gasteiger partial charge in [-0.1, -0.05) is 19.9 Å². The van der Waals surface area contributed by atoms with Crippen LogP contribution in [0.4, 0.5) is 0 Å². The number of allylic oxidation sites excluding steroid dienone is 1. The number of methoxy groups -OCH3 is 1. The summed E-state index contributed by atoms with van der Waals surface area (Å²) in [6, 6.07) is 0. The summed E-state index contributed by atoms with van der Waals surface area (Å²) >= 11 is 0. The molecule has 0 N–H and O–H groups in total. The van der Waals surface area contributed by atoms with E-state index in [4.69, 9.17) is 9.47 Å². The van der Waals surface area contributed by atoms with E-state index >= 15 is 0 Å². The Bertz CT molecular complexity index is 213. The van der Waals surface area contributed by atoms with E-state index < -0.39 is 0 Å². The summed E-state index contributed by atoms with van der Waals surface area (Å²) < 4.78 is 10.8. The molecule has 1 rings (SSSR count). The molecular formula is C14H26O2. The van der Waals surface area contributed by atoms with Gasteiger partial charge in [-0.3, -0.25) is 0 Å². The normalized spacial score (nSPS) is 31.9. The minimum atomic E-state index is -0.0939. The van der Waals surface area contributed by atoms with Gasteiger partial charge in [-0.25, -0.2) is 0 Å². The number of rotatable bonds is 6. The zero-order valence-corrected chi connectivity index (χ0v) is 11.1. The van der Waals surface area contributed by atoms with Crippen molar-refractivity contribution in [2.24, 2.45) is 23.7 Å². The first-order valence-corrected chi connectivity index (χ1v) is 6.35. The summed E-state index contributed by atoms with van der Waals surface area (Å²) in [4.78, 5) is 0. The van der Waals surface area contributed by atoms with Crippen LogP contribution in [0.1, 0.15) is 33.6 Å². The van der Waals surface area contributed by atoms with Gasteiger partial charge in [0.15, 0.2) is 6.29 Å². The molecule has 0 spiro atoms. The van der Waals surface area contributed by atoms with Gasteiger partial charge >= 0.3 is 0 Å². The third-order valence-corrected chi connectivity index (χ3v) is 3.91. The topological polar surface area (TPSA) is 18.5 Å². The van der Waals surface area contributed by atoms with Crippen molar-refractivity contribution in [2.45, 2.75) is 39.9 Å². The highest BCUT2D eigenvalue weighted by atomic mass is 16.7. The van der Waals surface area contributed by atoms with Gasteiger partial charge in [0.25, 0.3) is 0 Å². The lowest BCUT2D eigenvalue weighted by molar-refractivity contribution is -0.121. The predicted molar refractivity (Wildman–Crippen MR) is 67.2 cm³/mol. The van der Waals surface area contributed by atoms with Gasteiger partial charge in [-0.15, -0.1) is 6.58 Å². The third kappa shape index (κ3) is 3.60. The highest BCUT2D eigenvalue weighted by Gasteiger charge is 2.34. The quantitative estimate of drug-likeness (QED) is 0.510. The molecular weight excluding hydrogens is 200 g/mol. The first kappa shape index (κ1) is 13.7. The summed E-state index contributed by atoms with van der Waals surface area (Å²) in [5.74, 6) is 2.85. The van der Waals surface area contributed by atoms with Crippen LogP contribution in [0.25, 0.3) is 0 Å². The first-order valence-electron chi connectivity index (χ1n) is 6.35. The molecule has 4 atom stereocenters. The minimum absolute atomic E-state index is 0.0939. The highest BCUT2D eigenvalue weighted by molar-refractivity contribution is 4.93. The van der Waals surface area contributed by atoms with Crippen molar-refractivity contribution < 1.29 is 9.47 Å². The molecule has 1 aliphatic rings. The Hall–Kier alpha value is -0.340. The lowest BCUT2D eigenvalue weighted by Crippen LogP contribution is -2.19. The van der Waals surface area contributed by atoms with Gasteiger partial charge in [0.05, 0.1) is 6.61 Å². The monoisotopic (exact) mass is 226 g/mol. The van der Waals surface area contributed by atoms with E-state index in [-0.39, 0.29) is 6.29 Å². The van der Waals surface area contributed by atoms with Crippen LogP contribution in [-0.4, -0.2) is 20.0 Å². The standard InChI is InChI=1S/C14H26O2/c1-6-12-7-13(10(2)3)8-14(12)9-16-11(4)15-5/h6,10-14H,1,7-9H2,2-5H3. The van der Waals surface area contributed by atoms with E-state index in [2.05, 4.69) is 26.5 Å². The molecule has 0 aromatic heterocycles. The molecule has 0 aromatic rings. The van der Waals surface area contributed by atoms with Crippen LogP contribution < -0.4 is 0 Å². The van der Waals surface area contributed by atoms with E-state index in [1.807, 2.05) is 6.92 Å². The third-order valence-electron chi connectivity index (χ3n) is 3.91. The van der Waals surface area contributed by atoms with Crippen LogP contribution in [0.2, 0.25) is 0 Å². The lowest BCUT2D eigenvalue weighted by atomic mass is 9.93. The molecule has 0 radical (unpaired) electrons. The molecule has 1 aliphatic carbocycles. The van der Waals surface area contributed by atoms with Crippen LogP contribution in [0.15, 0.2) is 12.7 Å². The zero-order valence-electron chi connectivity index (χ0n) is 11.1. The van der Waals surface area contributed by atoms with Gasteiger partial charge in [0.1, 0.15) is 0 Å². The molecule has 0 saturated heterocycles. The van der Waals surface area contributed by atoms with E-state index in [0.29, 0.717) is 11.8 Å². The maximum Gasteiger partial charge on any atom is 0.154 e. The summed E-state index contributed by atoms with van der Waals surface area (Å²) in [5, 5.41) is 0. The van der Waals surface area contributed by atoms with Crippen LogP contribution in [0.5, 0.6) is 0 Å². The smallest absolute Gasteiger partial charge is 0.154 e. The largest absolute Gasteiger partial charge is 0.356 e. The zero-order chi connectivity index (χ0) is 12.1. The molecule has 0 heterocycles. The van der Waals surface area contributed by atoms with Crippen molar-refractivity contribution in [3.05, 3.63) is 12.7 Å². The van der Waals surface area contributed by atoms with E-state index in [1.54, 1.807) is 7.11 Å². The summed E-state index contributed by atoms with van der Waals surface area (Å²) in [7, 11) is 1.68. The molecule has 4 unspecified atom stereocenters. The Kier molecular flexibility index (Phi) is 5.50. The Morgan fingerprint density at radius 1 is 1.31 bits per heavy atom. The molecule has 2 nitrogen and oxygen atoms in total. The maximum atomic E-state index is 5.67. The van der Waals surface area contributed by atoms with Crippen molar-refractivity contribution in [3.8, 4) is 0 Å².